The van der Waals surface area contributed by atoms with E-state index in [1.54, 1.807) is 12.1 Å². The summed E-state index contributed by atoms with van der Waals surface area (Å²) in [4.78, 5) is 2.49. The number of nitrogens with zero attached hydrogens (tertiary/aromatic N) is 2. The molecule has 2 atom stereocenters. The summed E-state index contributed by atoms with van der Waals surface area (Å²) < 4.78 is 0. The number of benzene rings is 1. The molecule has 1 aliphatic rings. The van der Waals surface area contributed by atoms with E-state index in [2.05, 4.69) is 23.2 Å². The van der Waals surface area contributed by atoms with E-state index in [4.69, 9.17) is 5.26 Å². The summed E-state index contributed by atoms with van der Waals surface area (Å²) in [5.41, 5.74) is 1.48. The highest BCUT2D eigenvalue weighted by Gasteiger charge is 2.22. The molecule has 4 nitrogen and oxygen atoms in total. The Morgan fingerprint density at radius 3 is 2.85 bits per heavy atom. The summed E-state index contributed by atoms with van der Waals surface area (Å²) >= 11 is 0. The molecule has 0 saturated carbocycles. The zero-order valence-electron chi connectivity index (χ0n) is 12.0. The molecule has 2 unspecified atom stereocenters. The highest BCUT2D eigenvalue weighted by atomic mass is 16.3. The summed E-state index contributed by atoms with van der Waals surface area (Å²) in [6.45, 7) is 5.98. The van der Waals surface area contributed by atoms with Crippen LogP contribution >= 0.6 is 0 Å². The Bertz CT molecular complexity index is 452. The molecule has 0 bridgehead atoms. The van der Waals surface area contributed by atoms with Crippen molar-refractivity contribution in [1.82, 2.24) is 10.2 Å². The maximum atomic E-state index is 10.1. The quantitative estimate of drug-likeness (QED) is 0.827. The highest BCUT2D eigenvalue weighted by molar-refractivity contribution is 5.32. The number of likely N-dealkylation sites (N-methyl/N-ethyl adjacent to an activating group) is 1. The molecule has 1 heterocycles. The minimum absolute atomic E-state index is 0.515. The normalized spacial score (nSPS) is 20.8. The number of hydrogen-bond donors (Lipinski definition) is 2. The van der Waals surface area contributed by atoms with Gasteiger partial charge in [0.05, 0.1) is 17.7 Å². The lowest BCUT2D eigenvalue weighted by Crippen LogP contribution is -2.39. The smallest absolute Gasteiger partial charge is 0.0991 e. The Balaban J connectivity index is 1.77. The number of aliphatic hydroxyl groups is 1. The molecule has 0 aromatic heterocycles. The first-order valence-electron chi connectivity index (χ1n) is 7.37. The summed E-state index contributed by atoms with van der Waals surface area (Å²) in [7, 11) is 0. The van der Waals surface area contributed by atoms with Crippen molar-refractivity contribution in [2.24, 2.45) is 0 Å². The van der Waals surface area contributed by atoms with Crippen molar-refractivity contribution in [3.8, 4) is 6.07 Å². The van der Waals surface area contributed by atoms with Crippen LogP contribution in [0.2, 0.25) is 0 Å². The molecular weight excluding hydrogens is 250 g/mol. The van der Waals surface area contributed by atoms with Crippen molar-refractivity contribution in [3.05, 3.63) is 35.4 Å². The molecule has 0 spiro atoms. The summed E-state index contributed by atoms with van der Waals surface area (Å²) in [6, 6.07) is 9.81. The first kappa shape index (κ1) is 15.0. The average Bonchev–Trinajstić information content (AvgIpc) is 2.94. The third-order valence-corrected chi connectivity index (χ3v) is 4.05. The second-order valence-electron chi connectivity index (χ2n) is 5.33. The van der Waals surface area contributed by atoms with Gasteiger partial charge in [0.25, 0.3) is 0 Å². The molecule has 2 N–H and O–H groups in total. The molecule has 1 aliphatic heterocycles. The van der Waals surface area contributed by atoms with E-state index in [0.717, 1.165) is 18.7 Å². The van der Waals surface area contributed by atoms with Gasteiger partial charge in [0, 0.05) is 19.1 Å². The first-order chi connectivity index (χ1) is 9.74. The van der Waals surface area contributed by atoms with Crippen molar-refractivity contribution >= 4 is 0 Å². The fraction of sp³-hybridized carbons (Fsp3) is 0.562. The van der Waals surface area contributed by atoms with Crippen molar-refractivity contribution in [2.75, 3.05) is 26.2 Å². The monoisotopic (exact) mass is 273 g/mol. The Labute approximate surface area is 121 Å². The van der Waals surface area contributed by atoms with Gasteiger partial charge in [0.1, 0.15) is 0 Å². The van der Waals surface area contributed by atoms with E-state index in [1.165, 1.54) is 19.4 Å². The minimum Gasteiger partial charge on any atom is -0.387 e. The predicted octanol–water partition coefficient (Wildman–Crippen LogP) is 1.67. The van der Waals surface area contributed by atoms with Gasteiger partial charge in [-0.15, -0.1) is 0 Å². The fourth-order valence-corrected chi connectivity index (χ4v) is 2.83. The molecule has 108 valence electrons. The fourth-order valence-electron chi connectivity index (χ4n) is 2.83. The van der Waals surface area contributed by atoms with E-state index in [1.807, 2.05) is 12.1 Å². The third kappa shape index (κ3) is 3.80. The predicted molar refractivity (Wildman–Crippen MR) is 79.3 cm³/mol. The van der Waals surface area contributed by atoms with E-state index in [-0.39, 0.29) is 0 Å². The van der Waals surface area contributed by atoms with Crippen LogP contribution in [0.4, 0.5) is 0 Å². The number of nitriles is 1. The van der Waals surface area contributed by atoms with Crippen LogP contribution in [0.1, 0.15) is 37.0 Å². The number of nitrogens with one attached hydrogen (secondary N) is 1. The van der Waals surface area contributed by atoms with Gasteiger partial charge in [-0.25, -0.2) is 0 Å². The molecule has 0 amide bonds. The average molecular weight is 273 g/mol. The van der Waals surface area contributed by atoms with E-state index in [0.29, 0.717) is 18.2 Å². The van der Waals surface area contributed by atoms with Crippen molar-refractivity contribution < 1.29 is 5.11 Å². The van der Waals surface area contributed by atoms with Crippen LogP contribution in [0.15, 0.2) is 24.3 Å². The SMILES string of the molecule is CCN1CCCC1CNCC(O)c1ccc(C#N)cc1. The molecule has 1 fully saturated rings. The maximum Gasteiger partial charge on any atom is 0.0991 e. The van der Waals surface area contributed by atoms with Crippen molar-refractivity contribution in [3.63, 3.8) is 0 Å². The van der Waals surface area contributed by atoms with Gasteiger partial charge < -0.3 is 10.4 Å². The largest absolute Gasteiger partial charge is 0.387 e. The molecule has 0 radical (unpaired) electrons. The van der Waals surface area contributed by atoms with Gasteiger partial charge in [-0.05, 0) is 43.6 Å². The molecule has 1 saturated heterocycles. The van der Waals surface area contributed by atoms with E-state index in [9.17, 15) is 5.11 Å². The molecule has 20 heavy (non-hydrogen) atoms. The summed E-state index contributed by atoms with van der Waals surface area (Å²) in [6.07, 6.45) is 2.01. The van der Waals surface area contributed by atoms with Crippen LogP contribution in [-0.2, 0) is 0 Å². The van der Waals surface area contributed by atoms with Crippen molar-refractivity contribution in [2.45, 2.75) is 31.9 Å². The zero-order chi connectivity index (χ0) is 14.4. The lowest BCUT2D eigenvalue weighted by Gasteiger charge is -2.23. The third-order valence-electron chi connectivity index (χ3n) is 4.05. The number of aliphatic hydroxyl groups excluding tert-OH is 1. The molecule has 1 aromatic carbocycles. The molecule has 2 rings (SSSR count). The van der Waals surface area contributed by atoms with Gasteiger partial charge in [0.15, 0.2) is 0 Å². The minimum atomic E-state index is -0.515. The van der Waals surface area contributed by atoms with Crippen LogP contribution in [-0.4, -0.2) is 42.2 Å². The molecule has 0 aliphatic carbocycles. The Hall–Kier alpha value is -1.41. The molecular formula is C16H23N3O. The Kier molecular flexibility index (Phi) is 5.54. The van der Waals surface area contributed by atoms with Crippen LogP contribution < -0.4 is 5.32 Å². The second kappa shape index (κ2) is 7.39. The van der Waals surface area contributed by atoms with Gasteiger partial charge >= 0.3 is 0 Å². The summed E-state index contributed by atoms with van der Waals surface area (Å²) in [5, 5.41) is 22.2. The second-order valence-corrected chi connectivity index (χ2v) is 5.33. The highest BCUT2D eigenvalue weighted by Crippen LogP contribution is 2.16. The van der Waals surface area contributed by atoms with Crippen LogP contribution in [0.3, 0.4) is 0 Å². The first-order valence-corrected chi connectivity index (χ1v) is 7.37. The van der Waals surface area contributed by atoms with Gasteiger partial charge in [0.2, 0.25) is 0 Å². The molecule has 4 heteroatoms. The zero-order valence-corrected chi connectivity index (χ0v) is 12.0. The standard InChI is InChI=1S/C16H23N3O/c1-2-19-9-3-4-15(19)11-18-12-16(20)14-7-5-13(10-17)6-8-14/h5-8,15-16,18,20H,2-4,9,11-12H2,1H3. The van der Waals surface area contributed by atoms with Crippen molar-refractivity contribution in [1.29, 1.82) is 5.26 Å². The van der Waals surface area contributed by atoms with Crippen LogP contribution in [0.5, 0.6) is 0 Å². The van der Waals surface area contributed by atoms with Crippen LogP contribution in [0.25, 0.3) is 0 Å². The Morgan fingerprint density at radius 1 is 1.45 bits per heavy atom. The van der Waals surface area contributed by atoms with Gasteiger partial charge in [-0.1, -0.05) is 19.1 Å². The number of likely N-dealkylation sites (tertiary alicyclic amines) is 1. The lowest BCUT2D eigenvalue weighted by atomic mass is 10.1. The maximum absolute atomic E-state index is 10.1. The Morgan fingerprint density at radius 2 is 2.20 bits per heavy atom. The molecule has 1 aromatic rings. The topological polar surface area (TPSA) is 59.3 Å². The van der Waals surface area contributed by atoms with Gasteiger partial charge in [-0.3, -0.25) is 4.90 Å². The number of hydrogen-bond acceptors (Lipinski definition) is 4. The van der Waals surface area contributed by atoms with Crippen LogP contribution in [0, 0.1) is 11.3 Å². The lowest BCUT2D eigenvalue weighted by molar-refractivity contribution is 0.168. The van der Waals surface area contributed by atoms with E-state index >= 15 is 0 Å². The van der Waals surface area contributed by atoms with Gasteiger partial charge in [-0.2, -0.15) is 5.26 Å². The van der Waals surface area contributed by atoms with E-state index < -0.39 is 6.10 Å². The summed E-state index contributed by atoms with van der Waals surface area (Å²) in [5.74, 6) is 0. The number of rotatable bonds is 6.